The first-order chi connectivity index (χ1) is 12.7. The number of phenols is 1. The van der Waals surface area contributed by atoms with Gasteiger partial charge in [-0.25, -0.2) is 9.18 Å². The molecule has 1 fully saturated rings. The summed E-state index contributed by atoms with van der Waals surface area (Å²) in [7, 11) is 3.48. The Morgan fingerprint density at radius 3 is 2.70 bits per heavy atom. The maximum atomic E-state index is 14.9. The van der Waals surface area contributed by atoms with Gasteiger partial charge in [-0.2, -0.15) is 0 Å². The van der Waals surface area contributed by atoms with Crippen LogP contribution in [-0.4, -0.2) is 65.7 Å². The number of nitrogens with zero attached hydrogens (tertiary/aromatic N) is 3. The first-order valence-corrected chi connectivity index (χ1v) is 8.39. The van der Waals surface area contributed by atoms with Crippen LogP contribution in [0.3, 0.4) is 0 Å². The normalized spacial score (nSPS) is 17.9. The minimum atomic E-state index is -1.66. The van der Waals surface area contributed by atoms with Crippen LogP contribution in [-0.2, 0) is 0 Å². The van der Waals surface area contributed by atoms with Gasteiger partial charge in [-0.3, -0.25) is 9.47 Å². The van der Waals surface area contributed by atoms with Gasteiger partial charge >= 0.3 is 6.16 Å². The summed E-state index contributed by atoms with van der Waals surface area (Å²) < 4.78 is 20.6. The van der Waals surface area contributed by atoms with Crippen LogP contribution in [0.25, 0.3) is 10.9 Å². The molecule has 1 aliphatic heterocycles. The number of phenolic OH excluding ortho intramolecular Hbond substituents is 1. The third kappa shape index (κ3) is 3.23. The molecule has 1 aromatic carbocycles. The second-order valence-corrected chi connectivity index (χ2v) is 6.51. The molecule has 27 heavy (non-hydrogen) atoms. The van der Waals surface area contributed by atoms with Gasteiger partial charge < -0.3 is 30.2 Å². The zero-order valence-corrected chi connectivity index (χ0v) is 15.2. The molecule has 1 unspecified atom stereocenters. The molecule has 0 bridgehead atoms. The Bertz CT molecular complexity index is 961. The molecule has 1 saturated heterocycles. The average Bonchev–Trinajstić information content (AvgIpc) is 2.60. The molecule has 146 valence electrons. The monoisotopic (exact) mass is 380 g/mol. The molecule has 0 aliphatic carbocycles. The van der Waals surface area contributed by atoms with Gasteiger partial charge in [0.2, 0.25) is 11.2 Å². The Balaban J connectivity index is 2.22. The van der Waals surface area contributed by atoms with E-state index in [-0.39, 0.29) is 22.6 Å². The van der Waals surface area contributed by atoms with E-state index in [0.717, 1.165) is 12.3 Å². The van der Waals surface area contributed by atoms with E-state index in [1.165, 1.54) is 11.7 Å². The number of pyridine rings is 1. The zero-order valence-electron chi connectivity index (χ0n) is 15.2. The van der Waals surface area contributed by atoms with Crippen molar-refractivity contribution in [1.29, 1.82) is 0 Å². The summed E-state index contributed by atoms with van der Waals surface area (Å²) >= 11 is 0. The third-order valence-electron chi connectivity index (χ3n) is 4.87. The number of nitrogens with one attached hydrogen (secondary N) is 1. The number of likely N-dealkylation sites (N-methyl/N-ethyl adjacent to an activating group) is 1. The number of hydrogen-bond acceptors (Lipinski definition) is 7. The Kier molecular flexibility index (Phi) is 4.83. The molecule has 2 heterocycles. The summed E-state index contributed by atoms with van der Waals surface area (Å²) in [6, 6.07) is 1.16. The van der Waals surface area contributed by atoms with Crippen LogP contribution in [0, 0.1) is 5.82 Å². The van der Waals surface area contributed by atoms with E-state index in [1.807, 2.05) is 14.0 Å². The molecule has 1 atom stereocenters. The minimum Gasteiger partial charge on any atom is -0.504 e. The first-order valence-electron chi connectivity index (χ1n) is 8.39. The summed E-state index contributed by atoms with van der Waals surface area (Å²) in [6.07, 6.45) is -0.561. The van der Waals surface area contributed by atoms with Crippen LogP contribution in [0.1, 0.15) is 6.92 Å². The van der Waals surface area contributed by atoms with Crippen molar-refractivity contribution < 1.29 is 24.1 Å². The van der Waals surface area contributed by atoms with Crippen molar-refractivity contribution in [1.82, 2.24) is 9.58 Å². The Hall–Kier alpha value is -3.01. The summed E-state index contributed by atoms with van der Waals surface area (Å²) in [4.78, 5) is 27.1. The number of carboxylic acid groups (broad SMARTS) is 1. The fourth-order valence-corrected chi connectivity index (χ4v) is 3.30. The lowest BCUT2D eigenvalue weighted by molar-refractivity contribution is 0.144. The van der Waals surface area contributed by atoms with Crippen molar-refractivity contribution in [2.45, 2.75) is 13.0 Å². The number of fused-ring (bicyclic) bond motifs is 1. The molecule has 1 aromatic heterocycles. The van der Waals surface area contributed by atoms with Crippen LogP contribution in [0.2, 0.25) is 0 Å². The Morgan fingerprint density at radius 1 is 1.41 bits per heavy atom. The molecule has 3 N–H and O–H groups in total. The third-order valence-corrected chi connectivity index (χ3v) is 4.87. The molecule has 0 amide bonds. The number of hydrogen-bond donors (Lipinski definition) is 3. The van der Waals surface area contributed by atoms with Gasteiger partial charge in [0, 0.05) is 32.7 Å². The summed E-state index contributed by atoms with van der Waals surface area (Å²) in [5.41, 5.74) is 1.94. The fraction of sp³-hybridized carbons (Fsp3) is 0.412. The van der Waals surface area contributed by atoms with Gasteiger partial charge in [-0.15, -0.1) is 0 Å². The standard InChI is InChI=1S/C17H21FN4O5/c1-9-7-21(5-4-20(9)3)14-11(18)6-10-13(16(14)24)22(19-2)8-12(15(10)23)27-17(25)26/h6,8-9,19,24H,4-5,7H2,1-3H3,(H,25,26). The summed E-state index contributed by atoms with van der Waals surface area (Å²) in [5, 5.41) is 19.4. The van der Waals surface area contributed by atoms with E-state index in [0.29, 0.717) is 19.6 Å². The zero-order chi connectivity index (χ0) is 19.9. The number of carbonyl (C=O) groups is 1. The highest BCUT2D eigenvalue weighted by Gasteiger charge is 2.28. The number of halogens is 1. The van der Waals surface area contributed by atoms with E-state index in [1.54, 1.807) is 4.90 Å². The highest BCUT2D eigenvalue weighted by molar-refractivity contribution is 5.92. The van der Waals surface area contributed by atoms with Crippen LogP contribution < -0.4 is 20.5 Å². The van der Waals surface area contributed by atoms with Crippen LogP contribution in [0.4, 0.5) is 14.9 Å². The van der Waals surface area contributed by atoms with Gasteiger partial charge in [0.15, 0.2) is 11.6 Å². The highest BCUT2D eigenvalue weighted by Crippen LogP contribution is 2.38. The van der Waals surface area contributed by atoms with E-state index in [9.17, 15) is 19.1 Å². The summed E-state index contributed by atoms with van der Waals surface area (Å²) in [5.74, 6) is -1.65. The number of benzene rings is 1. The van der Waals surface area contributed by atoms with Gasteiger partial charge in [-0.1, -0.05) is 0 Å². The number of anilines is 1. The van der Waals surface area contributed by atoms with E-state index < -0.39 is 28.9 Å². The molecule has 0 spiro atoms. The van der Waals surface area contributed by atoms with E-state index in [4.69, 9.17) is 5.11 Å². The van der Waals surface area contributed by atoms with Gasteiger partial charge in [-0.05, 0) is 20.0 Å². The number of aromatic nitrogens is 1. The molecule has 3 rings (SSSR count). The SMILES string of the molecule is CNn1cc(OC(=O)O)c(=O)c2cc(F)c(N3CCN(C)C(C)C3)c(O)c21. The van der Waals surface area contributed by atoms with Crippen molar-refractivity contribution in [2.75, 3.05) is 44.1 Å². The molecule has 1 aliphatic rings. The lowest BCUT2D eigenvalue weighted by Gasteiger charge is -2.39. The second kappa shape index (κ2) is 6.95. The molecule has 0 saturated carbocycles. The molecule has 2 aromatic rings. The second-order valence-electron chi connectivity index (χ2n) is 6.51. The number of rotatable bonds is 3. The number of aromatic hydroxyl groups is 1. The molecule has 9 nitrogen and oxygen atoms in total. The van der Waals surface area contributed by atoms with Crippen molar-refractivity contribution >= 4 is 22.7 Å². The lowest BCUT2D eigenvalue weighted by Crippen LogP contribution is -2.50. The van der Waals surface area contributed by atoms with Crippen molar-refractivity contribution in [2.24, 2.45) is 0 Å². The maximum absolute atomic E-state index is 14.9. The average molecular weight is 380 g/mol. The number of piperazine rings is 1. The first kappa shape index (κ1) is 18.8. The molecule has 0 radical (unpaired) electrons. The van der Waals surface area contributed by atoms with Crippen LogP contribution >= 0.6 is 0 Å². The molecular formula is C17H21FN4O5. The van der Waals surface area contributed by atoms with Crippen molar-refractivity contribution in [3.8, 4) is 11.5 Å². The van der Waals surface area contributed by atoms with Crippen molar-refractivity contribution in [3.05, 3.63) is 28.3 Å². The molecule has 10 heteroatoms. The fourth-order valence-electron chi connectivity index (χ4n) is 3.30. The minimum absolute atomic E-state index is 0.0118. The van der Waals surface area contributed by atoms with Gasteiger partial charge in [0.1, 0.15) is 11.2 Å². The van der Waals surface area contributed by atoms with Crippen LogP contribution in [0.5, 0.6) is 11.5 Å². The molecular weight excluding hydrogens is 359 g/mol. The summed E-state index contributed by atoms with van der Waals surface area (Å²) in [6.45, 7) is 3.72. The van der Waals surface area contributed by atoms with Gasteiger partial charge in [0.05, 0.1) is 11.6 Å². The maximum Gasteiger partial charge on any atom is 0.511 e. The van der Waals surface area contributed by atoms with Gasteiger partial charge in [0.25, 0.3) is 0 Å². The quantitative estimate of drug-likeness (QED) is 0.683. The smallest absolute Gasteiger partial charge is 0.504 e. The Labute approximate surface area is 154 Å². The van der Waals surface area contributed by atoms with E-state index in [2.05, 4.69) is 15.1 Å². The largest absolute Gasteiger partial charge is 0.511 e. The highest BCUT2D eigenvalue weighted by atomic mass is 19.1. The van der Waals surface area contributed by atoms with Crippen molar-refractivity contribution in [3.63, 3.8) is 0 Å². The van der Waals surface area contributed by atoms with Crippen LogP contribution in [0.15, 0.2) is 17.1 Å². The topological polar surface area (TPSA) is 107 Å². The van der Waals surface area contributed by atoms with E-state index >= 15 is 0 Å². The predicted molar refractivity (Wildman–Crippen MR) is 98.1 cm³/mol. The lowest BCUT2D eigenvalue weighted by atomic mass is 10.1. The number of ether oxygens (including phenoxy) is 1. The predicted octanol–water partition coefficient (Wildman–Crippen LogP) is 1.22. The Morgan fingerprint density at radius 2 is 2.11 bits per heavy atom.